The molecule has 1 N–H and O–H groups in total. The Morgan fingerprint density at radius 2 is 2.00 bits per heavy atom. The van der Waals surface area contributed by atoms with Gasteiger partial charge in [0, 0.05) is 24.6 Å². The van der Waals surface area contributed by atoms with Crippen LogP contribution in [0.3, 0.4) is 0 Å². The third-order valence-electron chi connectivity index (χ3n) is 3.44. The molecule has 6 heteroatoms. The third kappa shape index (κ3) is 3.30. The molecule has 0 saturated carbocycles. The Kier molecular flexibility index (Phi) is 4.65. The quantitative estimate of drug-likeness (QED) is 0.912. The first-order valence-electron chi connectivity index (χ1n) is 6.51. The molecule has 1 aromatic carbocycles. The molecule has 5 nitrogen and oxygen atoms in total. The van der Waals surface area contributed by atoms with Gasteiger partial charge in [-0.25, -0.2) is 4.79 Å². The maximum Gasteiger partial charge on any atom is 0.335 e. The number of rotatable bonds is 4. The number of likely N-dealkylation sites (N-methyl/N-ethyl adjacent to an activating group) is 1. The summed E-state index contributed by atoms with van der Waals surface area (Å²) in [6, 6.07) is 4.80. The lowest BCUT2D eigenvalue weighted by atomic mass is 10.2. The van der Waals surface area contributed by atoms with Gasteiger partial charge in [0.2, 0.25) is 5.91 Å². The average molecular weight is 341 g/mol. The van der Waals surface area contributed by atoms with Gasteiger partial charge in [0.05, 0.1) is 17.8 Å². The summed E-state index contributed by atoms with van der Waals surface area (Å²) in [5.41, 5.74) is 1.03. The summed E-state index contributed by atoms with van der Waals surface area (Å²) in [7, 11) is 1.83. The highest BCUT2D eigenvalue weighted by Crippen LogP contribution is 2.26. The van der Waals surface area contributed by atoms with E-state index < -0.39 is 5.97 Å². The Labute approximate surface area is 126 Å². The standard InChI is InChI=1S/C14H17BrN2O3/c1-16(9-13(18)17-6-2-3-7-17)12-5-4-10(14(19)20)8-11(12)15/h4-5,8H,2-3,6-7,9H2,1H3,(H,19,20). The van der Waals surface area contributed by atoms with Gasteiger partial charge in [0.25, 0.3) is 0 Å². The average Bonchev–Trinajstić information content (AvgIpc) is 2.92. The van der Waals surface area contributed by atoms with E-state index in [4.69, 9.17) is 5.11 Å². The zero-order chi connectivity index (χ0) is 14.7. The number of anilines is 1. The number of hydrogen-bond donors (Lipinski definition) is 1. The summed E-state index contributed by atoms with van der Waals surface area (Å²) >= 11 is 3.36. The first-order valence-corrected chi connectivity index (χ1v) is 7.30. The van der Waals surface area contributed by atoms with Crippen molar-refractivity contribution in [1.29, 1.82) is 0 Å². The number of carboxylic acids is 1. The Hall–Kier alpha value is -1.56. The fraction of sp³-hybridized carbons (Fsp3) is 0.429. The molecule has 1 aliphatic heterocycles. The van der Waals surface area contributed by atoms with Crippen molar-refractivity contribution >= 4 is 33.5 Å². The van der Waals surface area contributed by atoms with Crippen molar-refractivity contribution in [3.63, 3.8) is 0 Å². The molecule has 1 heterocycles. The number of amides is 1. The fourth-order valence-electron chi connectivity index (χ4n) is 2.30. The van der Waals surface area contributed by atoms with Crippen LogP contribution in [0.15, 0.2) is 22.7 Å². The van der Waals surface area contributed by atoms with Crippen LogP contribution in [0, 0.1) is 0 Å². The van der Waals surface area contributed by atoms with Crippen molar-refractivity contribution in [2.24, 2.45) is 0 Å². The molecule has 0 spiro atoms. The maximum atomic E-state index is 12.1. The van der Waals surface area contributed by atoms with E-state index >= 15 is 0 Å². The molecule has 0 aromatic heterocycles. The van der Waals surface area contributed by atoms with Crippen molar-refractivity contribution in [2.45, 2.75) is 12.8 Å². The number of likely N-dealkylation sites (tertiary alicyclic amines) is 1. The minimum Gasteiger partial charge on any atom is -0.478 e. The molecule has 1 aromatic rings. The van der Waals surface area contributed by atoms with E-state index in [0.29, 0.717) is 11.0 Å². The van der Waals surface area contributed by atoms with Gasteiger partial charge in [0.15, 0.2) is 0 Å². The fourth-order valence-corrected chi connectivity index (χ4v) is 2.99. The highest BCUT2D eigenvalue weighted by molar-refractivity contribution is 9.10. The van der Waals surface area contributed by atoms with E-state index in [9.17, 15) is 9.59 Å². The minimum absolute atomic E-state index is 0.110. The predicted molar refractivity (Wildman–Crippen MR) is 80.2 cm³/mol. The molecule has 1 amide bonds. The SMILES string of the molecule is CN(CC(=O)N1CCCC1)c1ccc(C(=O)O)cc1Br. The van der Waals surface area contributed by atoms with Crippen LogP contribution in [-0.2, 0) is 4.79 Å². The number of aromatic carboxylic acids is 1. The van der Waals surface area contributed by atoms with Crippen LogP contribution in [-0.4, -0.2) is 48.6 Å². The predicted octanol–water partition coefficient (Wildman–Crippen LogP) is 2.21. The molecule has 0 bridgehead atoms. The van der Waals surface area contributed by atoms with E-state index in [1.54, 1.807) is 18.2 Å². The van der Waals surface area contributed by atoms with Crippen molar-refractivity contribution in [3.05, 3.63) is 28.2 Å². The monoisotopic (exact) mass is 340 g/mol. The van der Waals surface area contributed by atoms with Crippen molar-refractivity contribution in [1.82, 2.24) is 4.90 Å². The summed E-state index contributed by atoms with van der Waals surface area (Å²) in [6.45, 7) is 1.97. The van der Waals surface area contributed by atoms with Gasteiger partial charge < -0.3 is 14.9 Å². The zero-order valence-corrected chi connectivity index (χ0v) is 12.9. The van der Waals surface area contributed by atoms with Gasteiger partial charge >= 0.3 is 5.97 Å². The molecule has 108 valence electrons. The largest absolute Gasteiger partial charge is 0.478 e. The number of carbonyl (C=O) groups excluding carboxylic acids is 1. The summed E-state index contributed by atoms with van der Waals surface area (Å²) in [4.78, 5) is 26.7. The molecule has 0 atom stereocenters. The van der Waals surface area contributed by atoms with Crippen LogP contribution in [0.1, 0.15) is 23.2 Å². The smallest absolute Gasteiger partial charge is 0.335 e. The Morgan fingerprint density at radius 1 is 1.35 bits per heavy atom. The van der Waals surface area contributed by atoms with Crippen LogP contribution in [0.4, 0.5) is 5.69 Å². The van der Waals surface area contributed by atoms with Crippen LogP contribution < -0.4 is 4.90 Å². The van der Waals surface area contributed by atoms with Gasteiger partial charge in [-0.2, -0.15) is 0 Å². The second-order valence-electron chi connectivity index (χ2n) is 4.92. The van der Waals surface area contributed by atoms with Crippen LogP contribution in [0.25, 0.3) is 0 Å². The maximum absolute atomic E-state index is 12.1. The van der Waals surface area contributed by atoms with Gasteiger partial charge in [-0.3, -0.25) is 4.79 Å². The molecule has 1 saturated heterocycles. The van der Waals surface area contributed by atoms with Crippen LogP contribution >= 0.6 is 15.9 Å². The van der Waals surface area contributed by atoms with Crippen LogP contribution in [0.5, 0.6) is 0 Å². The number of carbonyl (C=O) groups is 2. The number of nitrogens with zero attached hydrogens (tertiary/aromatic N) is 2. The van der Waals surface area contributed by atoms with E-state index in [0.717, 1.165) is 31.6 Å². The van der Waals surface area contributed by atoms with E-state index in [-0.39, 0.29) is 11.5 Å². The first kappa shape index (κ1) is 14.8. The summed E-state index contributed by atoms with van der Waals surface area (Å²) in [5.74, 6) is -0.854. The number of carboxylic acid groups (broad SMARTS) is 1. The Balaban J connectivity index is 2.06. The van der Waals surface area contributed by atoms with Gasteiger partial charge in [-0.1, -0.05) is 0 Å². The normalized spacial score (nSPS) is 14.4. The molecule has 20 heavy (non-hydrogen) atoms. The third-order valence-corrected chi connectivity index (χ3v) is 4.07. The second kappa shape index (κ2) is 6.26. The number of benzene rings is 1. The molecule has 0 unspecified atom stereocenters. The number of halogens is 1. The second-order valence-corrected chi connectivity index (χ2v) is 5.77. The van der Waals surface area contributed by atoms with E-state index in [1.165, 1.54) is 0 Å². The highest BCUT2D eigenvalue weighted by atomic mass is 79.9. The molecule has 1 aliphatic rings. The zero-order valence-electron chi connectivity index (χ0n) is 11.3. The molecule has 1 fully saturated rings. The Morgan fingerprint density at radius 3 is 2.55 bits per heavy atom. The topological polar surface area (TPSA) is 60.9 Å². The van der Waals surface area contributed by atoms with Gasteiger partial charge in [0.1, 0.15) is 0 Å². The summed E-state index contributed by atoms with van der Waals surface area (Å²) in [6.07, 6.45) is 2.15. The van der Waals surface area contributed by atoms with Crippen molar-refractivity contribution in [3.8, 4) is 0 Å². The lowest BCUT2D eigenvalue weighted by Gasteiger charge is -2.23. The van der Waals surface area contributed by atoms with Gasteiger partial charge in [-0.15, -0.1) is 0 Å². The van der Waals surface area contributed by atoms with E-state index in [2.05, 4.69) is 15.9 Å². The molecule has 2 rings (SSSR count). The lowest BCUT2D eigenvalue weighted by Crippen LogP contribution is -2.37. The Bertz CT molecular complexity index is 527. The minimum atomic E-state index is -0.965. The number of hydrogen-bond acceptors (Lipinski definition) is 3. The molecule has 0 aliphatic carbocycles. The molecule has 0 radical (unpaired) electrons. The summed E-state index contributed by atoms with van der Waals surface area (Å²) in [5, 5.41) is 8.93. The van der Waals surface area contributed by atoms with Crippen molar-refractivity contribution in [2.75, 3.05) is 31.6 Å². The first-order chi connectivity index (χ1) is 9.49. The molecular weight excluding hydrogens is 324 g/mol. The molecular formula is C14H17BrN2O3. The van der Waals surface area contributed by atoms with E-state index in [1.807, 2.05) is 16.8 Å². The lowest BCUT2D eigenvalue weighted by molar-refractivity contribution is -0.128. The van der Waals surface area contributed by atoms with Gasteiger partial charge in [-0.05, 0) is 47.0 Å². The highest BCUT2D eigenvalue weighted by Gasteiger charge is 2.20. The van der Waals surface area contributed by atoms with Crippen molar-refractivity contribution < 1.29 is 14.7 Å². The van der Waals surface area contributed by atoms with Crippen LogP contribution in [0.2, 0.25) is 0 Å². The summed E-state index contributed by atoms with van der Waals surface area (Å²) < 4.78 is 0.675.